The zero-order chi connectivity index (χ0) is 25.3. The number of aliphatic hydroxyl groups is 1. The van der Waals surface area contributed by atoms with Crippen LogP contribution in [0, 0.1) is 17.6 Å². The topological polar surface area (TPSA) is 82.7 Å². The molecule has 1 aromatic heterocycles. The molecule has 0 bridgehead atoms. The van der Waals surface area contributed by atoms with Crippen LogP contribution in [0.5, 0.6) is 0 Å². The Labute approximate surface area is 196 Å². The van der Waals surface area contributed by atoms with Gasteiger partial charge in [0, 0.05) is 29.9 Å². The first-order valence-electron chi connectivity index (χ1n) is 10.8. The SMILES string of the molecule is CCC(O)N1CC(C(=O)N(Cc2ccc(-c3nnc(C(F)(F)F)o3)cc2F)c2cccc(F)c2)C1. The van der Waals surface area contributed by atoms with E-state index in [0.717, 1.165) is 12.1 Å². The second-order valence-corrected chi connectivity index (χ2v) is 8.16. The highest BCUT2D eigenvalue weighted by Crippen LogP contribution is 2.31. The lowest BCUT2D eigenvalue weighted by atomic mass is 9.96. The van der Waals surface area contributed by atoms with E-state index in [9.17, 15) is 31.9 Å². The highest BCUT2D eigenvalue weighted by Gasteiger charge is 2.39. The molecule has 2 aromatic carbocycles. The summed E-state index contributed by atoms with van der Waals surface area (Å²) in [6.07, 6.45) is -5.01. The van der Waals surface area contributed by atoms with Gasteiger partial charge in [-0.05, 0) is 36.8 Å². The number of rotatable bonds is 7. The van der Waals surface area contributed by atoms with Crippen LogP contribution < -0.4 is 4.90 Å². The number of benzene rings is 2. The van der Waals surface area contributed by atoms with E-state index >= 15 is 0 Å². The molecule has 12 heteroatoms. The zero-order valence-electron chi connectivity index (χ0n) is 18.5. The van der Waals surface area contributed by atoms with Crippen LogP contribution in [0.1, 0.15) is 24.8 Å². The van der Waals surface area contributed by atoms with E-state index in [2.05, 4.69) is 14.6 Å². The molecule has 1 atom stereocenters. The van der Waals surface area contributed by atoms with Crippen molar-refractivity contribution in [2.45, 2.75) is 32.3 Å². The third-order valence-electron chi connectivity index (χ3n) is 5.73. The van der Waals surface area contributed by atoms with Crippen LogP contribution in [-0.4, -0.2) is 45.4 Å². The molecule has 0 spiro atoms. The summed E-state index contributed by atoms with van der Waals surface area (Å²) in [6, 6.07) is 8.81. The van der Waals surface area contributed by atoms with Gasteiger partial charge in [0.05, 0.1) is 12.5 Å². The minimum Gasteiger partial charge on any atom is -0.413 e. The van der Waals surface area contributed by atoms with E-state index in [4.69, 9.17) is 0 Å². The summed E-state index contributed by atoms with van der Waals surface area (Å²) < 4.78 is 71.5. The highest BCUT2D eigenvalue weighted by atomic mass is 19.4. The maximum atomic E-state index is 14.9. The Bertz CT molecular complexity index is 1210. The molecule has 0 radical (unpaired) electrons. The van der Waals surface area contributed by atoms with Gasteiger partial charge in [0.15, 0.2) is 0 Å². The molecule has 3 aromatic rings. The average molecular weight is 496 g/mol. The lowest BCUT2D eigenvalue weighted by molar-refractivity contribution is -0.157. The lowest BCUT2D eigenvalue weighted by Crippen LogP contribution is -2.57. The van der Waals surface area contributed by atoms with Gasteiger partial charge >= 0.3 is 12.1 Å². The Morgan fingerprint density at radius 3 is 2.54 bits per heavy atom. The van der Waals surface area contributed by atoms with Crippen molar-refractivity contribution in [3.63, 3.8) is 0 Å². The Morgan fingerprint density at radius 2 is 1.94 bits per heavy atom. The fourth-order valence-electron chi connectivity index (χ4n) is 3.76. The second-order valence-electron chi connectivity index (χ2n) is 8.16. The number of amides is 1. The molecular formula is C23H21F5N4O3. The summed E-state index contributed by atoms with van der Waals surface area (Å²) in [7, 11) is 0. The molecule has 1 aliphatic rings. The molecule has 186 valence electrons. The maximum absolute atomic E-state index is 14.9. The number of hydrogen-bond acceptors (Lipinski definition) is 6. The number of aromatic nitrogens is 2. The highest BCUT2D eigenvalue weighted by molar-refractivity contribution is 5.95. The number of alkyl halides is 3. The van der Waals surface area contributed by atoms with Crippen molar-refractivity contribution in [1.82, 2.24) is 15.1 Å². The van der Waals surface area contributed by atoms with Crippen LogP contribution in [-0.2, 0) is 17.5 Å². The Morgan fingerprint density at radius 1 is 1.20 bits per heavy atom. The van der Waals surface area contributed by atoms with Crippen LogP contribution in [0.25, 0.3) is 11.5 Å². The van der Waals surface area contributed by atoms with E-state index < -0.39 is 41.7 Å². The first-order chi connectivity index (χ1) is 16.6. The van der Waals surface area contributed by atoms with Gasteiger partial charge in [-0.3, -0.25) is 9.69 Å². The van der Waals surface area contributed by atoms with Gasteiger partial charge in [-0.15, -0.1) is 10.2 Å². The summed E-state index contributed by atoms with van der Waals surface area (Å²) in [6.45, 7) is 2.17. The Kier molecular flexibility index (Phi) is 6.86. The molecular weight excluding hydrogens is 475 g/mol. The number of carbonyl (C=O) groups excluding carboxylic acids is 1. The van der Waals surface area contributed by atoms with Crippen molar-refractivity contribution >= 4 is 11.6 Å². The molecule has 7 nitrogen and oxygen atoms in total. The van der Waals surface area contributed by atoms with E-state index in [1.165, 1.54) is 35.2 Å². The molecule has 1 saturated heterocycles. The number of nitrogens with zero attached hydrogens (tertiary/aromatic N) is 4. The summed E-state index contributed by atoms with van der Waals surface area (Å²) in [5.41, 5.74) is 0.201. The molecule has 0 aliphatic carbocycles. The van der Waals surface area contributed by atoms with Gasteiger partial charge in [0.2, 0.25) is 11.8 Å². The van der Waals surface area contributed by atoms with Crippen molar-refractivity contribution in [2.24, 2.45) is 5.92 Å². The van der Waals surface area contributed by atoms with E-state index in [0.29, 0.717) is 19.5 Å². The van der Waals surface area contributed by atoms with E-state index in [1.54, 1.807) is 4.90 Å². The van der Waals surface area contributed by atoms with Crippen LogP contribution >= 0.6 is 0 Å². The van der Waals surface area contributed by atoms with Crippen molar-refractivity contribution < 1.29 is 36.3 Å². The summed E-state index contributed by atoms with van der Waals surface area (Å²) in [5, 5.41) is 16.2. The molecule has 4 rings (SSSR count). The van der Waals surface area contributed by atoms with Crippen LogP contribution in [0.2, 0.25) is 0 Å². The van der Waals surface area contributed by atoms with Gasteiger partial charge in [-0.25, -0.2) is 8.78 Å². The van der Waals surface area contributed by atoms with Gasteiger partial charge in [0.1, 0.15) is 17.9 Å². The zero-order valence-corrected chi connectivity index (χ0v) is 18.5. The summed E-state index contributed by atoms with van der Waals surface area (Å²) >= 11 is 0. The molecule has 0 saturated carbocycles. The smallest absolute Gasteiger partial charge is 0.413 e. The quantitative estimate of drug-likeness (QED) is 0.493. The predicted molar refractivity (Wildman–Crippen MR) is 114 cm³/mol. The third-order valence-corrected chi connectivity index (χ3v) is 5.73. The van der Waals surface area contributed by atoms with Crippen molar-refractivity contribution in [3.8, 4) is 11.5 Å². The number of halogens is 5. The standard InChI is InChI=1S/C23H21F5N4O3/c1-2-19(33)31-10-15(11-31)21(34)32(17-5-3-4-16(24)9-17)12-14-7-6-13(8-18(14)25)20-29-30-22(35-20)23(26,27)28/h3-9,15,19,33H,2,10-12H2,1H3. The summed E-state index contributed by atoms with van der Waals surface area (Å²) in [4.78, 5) is 16.2. The largest absolute Gasteiger partial charge is 0.470 e. The second kappa shape index (κ2) is 9.70. The van der Waals surface area contributed by atoms with Gasteiger partial charge in [-0.1, -0.05) is 19.1 Å². The number of aliphatic hydroxyl groups excluding tert-OH is 1. The first-order valence-corrected chi connectivity index (χ1v) is 10.8. The molecule has 1 unspecified atom stereocenters. The molecule has 35 heavy (non-hydrogen) atoms. The number of hydrogen-bond donors (Lipinski definition) is 1. The molecule has 1 amide bonds. The average Bonchev–Trinajstić information content (AvgIpc) is 3.28. The monoisotopic (exact) mass is 496 g/mol. The third kappa shape index (κ3) is 5.33. The van der Waals surface area contributed by atoms with Crippen LogP contribution in [0.4, 0.5) is 27.6 Å². The Hall–Kier alpha value is -3.38. The number of likely N-dealkylation sites (tertiary alicyclic amines) is 1. The van der Waals surface area contributed by atoms with Crippen molar-refractivity contribution in [2.75, 3.05) is 18.0 Å². The van der Waals surface area contributed by atoms with Crippen LogP contribution in [0.3, 0.4) is 0 Å². The maximum Gasteiger partial charge on any atom is 0.470 e. The normalized spacial score (nSPS) is 15.6. The van der Waals surface area contributed by atoms with Crippen molar-refractivity contribution in [1.29, 1.82) is 0 Å². The lowest BCUT2D eigenvalue weighted by Gasteiger charge is -2.42. The fraction of sp³-hybridized carbons (Fsp3) is 0.348. The Balaban J connectivity index is 1.57. The minimum atomic E-state index is -4.83. The van der Waals surface area contributed by atoms with Crippen molar-refractivity contribution in [3.05, 3.63) is 65.6 Å². The molecule has 1 fully saturated rings. The van der Waals surface area contributed by atoms with E-state index in [1.807, 2.05) is 6.92 Å². The van der Waals surface area contributed by atoms with Crippen LogP contribution in [0.15, 0.2) is 46.9 Å². The van der Waals surface area contributed by atoms with Gasteiger partial charge in [-0.2, -0.15) is 13.2 Å². The fourth-order valence-corrected chi connectivity index (χ4v) is 3.76. The number of anilines is 1. The predicted octanol–water partition coefficient (Wildman–Crippen LogP) is 4.23. The summed E-state index contributed by atoms with van der Waals surface area (Å²) in [5.74, 6) is -4.30. The minimum absolute atomic E-state index is 0.0479. The molecule has 2 heterocycles. The molecule has 1 N–H and O–H groups in total. The van der Waals surface area contributed by atoms with E-state index in [-0.39, 0.29) is 29.3 Å². The van der Waals surface area contributed by atoms with Gasteiger partial charge in [0.25, 0.3) is 0 Å². The van der Waals surface area contributed by atoms with Gasteiger partial charge < -0.3 is 14.4 Å². The molecule has 1 aliphatic heterocycles. The first kappa shape index (κ1) is 24.7. The number of carbonyl (C=O) groups is 1.